The van der Waals surface area contributed by atoms with Gasteiger partial charge in [-0.3, -0.25) is 14.5 Å². The first-order chi connectivity index (χ1) is 17.6. The number of benzene rings is 2. The summed E-state index contributed by atoms with van der Waals surface area (Å²) in [5.74, 6) is -0.324. The van der Waals surface area contributed by atoms with Gasteiger partial charge in [0.25, 0.3) is 5.91 Å². The number of amides is 3. The molecule has 2 fully saturated rings. The molecule has 0 radical (unpaired) electrons. The monoisotopic (exact) mass is 504 g/mol. The van der Waals surface area contributed by atoms with E-state index in [1.807, 2.05) is 47.8 Å². The third-order valence-electron chi connectivity index (χ3n) is 6.34. The molecule has 1 aliphatic carbocycles. The van der Waals surface area contributed by atoms with Crippen LogP contribution in [-0.4, -0.2) is 53.0 Å². The molecule has 1 aromatic heterocycles. The highest BCUT2D eigenvalue weighted by atomic mass is 32.1. The maximum atomic E-state index is 12.9. The second-order valence-electron chi connectivity index (χ2n) is 9.05. The number of hydrogen-bond acceptors (Lipinski definition) is 6. The molecule has 8 nitrogen and oxygen atoms in total. The minimum absolute atomic E-state index is 0.0602. The van der Waals surface area contributed by atoms with E-state index in [0.29, 0.717) is 41.8 Å². The number of hydrogen-bond donors (Lipinski definition) is 2. The summed E-state index contributed by atoms with van der Waals surface area (Å²) in [6.45, 7) is 0.761. The van der Waals surface area contributed by atoms with E-state index in [2.05, 4.69) is 15.6 Å². The molecular weight excluding hydrogens is 476 g/mol. The zero-order chi connectivity index (χ0) is 24.9. The molecule has 0 bridgehead atoms. The van der Waals surface area contributed by atoms with Gasteiger partial charge in [0.1, 0.15) is 6.04 Å². The van der Waals surface area contributed by atoms with Crippen molar-refractivity contribution in [2.75, 3.05) is 18.5 Å². The third kappa shape index (κ3) is 5.91. The SMILES string of the molecule is O=C(NC1CC1)c1ccc(-c2csc(NC(=O)[C@H]3CCCN3C(=O)OCCc3ccccc3)n2)cc1. The summed E-state index contributed by atoms with van der Waals surface area (Å²) in [6.07, 6.45) is 3.59. The summed E-state index contributed by atoms with van der Waals surface area (Å²) >= 11 is 1.32. The second-order valence-corrected chi connectivity index (χ2v) is 9.91. The number of aromatic nitrogens is 1. The van der Waals surface area contributed by atoms with Crippen molar-refractivity contribution in [1.29, 1.82) is 0 Å². The first kappa shape index (κ1) is 24.0. The lowest BCUT2D eigenvalue weighted by Gasteiger charge is -2.22. The molecule has 2 aliphatic rings. The van der Waals surface area contributed by atoms with Crippen LogP contribution < -0.4 is 10.6 Å². The van der Waals surface area contributed by atoms with E-state index in [0.717, 1.165) is 30.4 Å². The lowest BCUT2D eigenvalue weighted by atomic mass is 10.1. The lowest BCUT2D eigenvalue weighted by Crippen LogP contribution is -2.43. The van der Waals surface area contributed by atoms with Crippen molar-refractivity contribution >= 4 is 34.4 Å². The summed E-state index contributed by atoms with van der Waals surface area (Å²) < 4.78 is 5.44. The van der Waals surface area contributed by atoms with Crippen molar-refractivity contribution in [2.24, 2.45) is 0 Å². The quantitative estimate of drug-likeness (QED) is 0.471. The van der Waals surface area contributed by atoms with Crippen LogP contribution in [0.1, 0.15) is 41.6 Å². The van der Waals surface area contributed by atoms with E-state index in [9.17, 15) is 14.4 Å². The first-order valence-electron chi connectivity index (χ1n) is 12.2. The Morgan fingerprint density at radius 1 is 1.03 bits per heavy atom. The average Bonchev–Trinajstić information content (AvgIpc) is 3.37. The van der Waals surface area contributed by atoms with Crippen molar-refractivity contribution in [1.82, 2.24) is 15.2 Å². The Hall–Kier alpha value is -3.72. The molecule has 2 aromatic carbocycles. The predicted molar refractivity (Wildman–Crippen MR) is 138 cm³/mol. The minimum atomic E-state index is -0.578. The van der Waals surface area contributed by atoms with Gasteiger partial charge < -0.3 is 15.4 Å². The van der Waals surface area contributed by atoms with Gasteiger partial charge in [0.15, 0.2) is 5.13 Å². The van der Waals surface area contributed by atoms with Crippen LogP contribution in [0, 0.1) is 0 Å². The molecule has 186 valence electrons. The summed E-state index contributed by atoms with van der Waals surface area (Å²) in [7, 11) is 0. The van der Waals surface area contributed by atoms with Gasteiger partial charge >= 0.3 is 6.09 Å². The predicted octanol–water partition coefficient (Wildman–Crippen LogP) is 4.48. The highest BCUT2D eigenvalue weighted by Gasteiger charge is 2.35. The molecule has 3 amide bonds. The summed E-state index contributed by atoms with van der Waals surface area (Å²) in [4.78, 5) is 43.8. The van der Waals surface area contributed by atoms with Crippen LogP contribution in [0.2, 0.25) is 0 Å². The number of likely N-dealkylation sites (tertiary alicyclic amines) is 1. The van der Waals surface area contributed by atoms with Gasteiger partial charge in [-0.05, 0) is 43.4 Å². The largest absolute Gasteiger partial charge is 0.449 e. The minimum Gasteiger partial charge on any atom is -0.449 e. The van der Waals surface area contributed by atoms with Gasteiger partial charge in [-0.1, -0.05) is 42.5 Å². The Morgan fingerprint density at radius 2 is 1.81 bits per heavy atom. The molecule has 9 heteroatoms. The van der Waals surface area contributed by atoms with Crippen molar-refractivity contribution in [2.45, 2.75) is 44.2 Å². The van der Waals surface area contributed by atoms with Gasteiger partial charge in [0.05, 0.1) is 12.3 Å². The molecule has 0 spiro atoms. The highest BCUT2D eigenvalue weighted by Crippen LogP contribution is 2.27. The maximum absolute atomic E-state index is 12.9. The van der Waals surface area contributed by atoms with Crippen molar-refractivity contribution in [3.8, 4) is 11.3 Å². The van der Waals surface area contributed by atoms with Gasteiger partial charge in [-0.25, -0.2) is 9.78 Å². The second kappa shape index (κ2) is 10.9. The van der Waals surface area contributed by atoms with E-state index in [4.69, 9.17) is 4.74 Å². The molecule has 5 rings (SSSR count). The number of rotatable bonds is 8. The molecule has 1 aliphatic heterocycles. The van der Waals surface area contributed by atoms with Crippen molar-refractivity contribution in [3.05, 3.63) is 71.1 Å². The van der Waals surface area contributed by atoms with Crippen LogP contribution in [0.5, 0.6) is 0 Å². The van der Waals surface area contributed by atoms with Crippen LogP contribution in [-0.2, 0) is 16.0 Å². The summed E-state index contributed by atoms with van der Waals surface area (Å²) in [6, 6.07) is 16.8. The fourth-order valence-corrected chi connectivity index (χ4v) is 4.91. The standard InChI is InChI=1S/C27H28N4O4S/c32-24(28-21-12-13-21)20-10-8-19(9-11-20)22-17-36-26(29-22)30-25(33)23-7-4-15-31(23)27(34)35-16-14-18-5-2-1-3-6-18/h1-3,5-6,8-11,17,21,23H,4,7,12-16H2,(H,28,32)(H,29,30,33)/t23-/m1/s1. The van der Waals surface area contributed by atoms with Crippen LogP contribution >= 0.6 is 11.3 Å². The number of anilines is 1. The Bertz CT molecular complexity index is 1220. The Labute approximate surface area is 213 Å². The number of thiazole rings is 1. The van der Waals surface area contributed by atoms with Crippen molar-refractivity contribution in [3.63, 3.8) is 0 Å². The van der Waals surface area contributed by atoms with Crippen LogP contribution in [0.15, 0.2) is 60.0 Å². The van der Waals surface area contributed by atoms with Gasteiger partial charge in [0.2, 0.25) is 5.91 Å². The molecule has 36 heavy (non-hydrogen) atoms. The number of nitrogens with one attached hydrogen (secondary N) is 2. The van der Waals surface area contributed by atoms with Crippen molar-refractivity contribution < 1.29 is 19.1 Å². The number of ether oxygens (including phenoxy) is 1. The van der Waals surface area contributed by atoms with Crippen LogP contribution in [0.25, 0.3) is 11.3 Å². The fraction of sp³-hybridized carbons (Fsp3) is 0.333. The van der Waals surface area contributed by atoms with Gasteiger partial charge in [0, 0.05) is 35.5 Å². The fourth-order valence-electron chi connectivity index (χ4n) is 4.18. The molecule has 1 saturated heterocycles. The van der Waals surface area contributed by atoms with Crippen LogP contribution in [0.3, 0.4) is 0 Å². The molecule has 1 atom stereocenters. The Kier molecular flexibility index (Phi) is 7.27. The van der Waals surface area contributed by atoms with E-state index >= 15 is 0 Å². The Balaban J connectivity index is 1.14. The van der Waals surface area contributed by atoms with E-state index in [1.54, 1.807) is 12.1 Å². The number of nitrogens with zero attached hydrogens (tertiary/aromatic N) is 2. The molecular formula is C27H28N4O4S. The van der Waals surface area contributed by atoms with E-state index in [-0.39, 0.29) is 18.4 Å². The highest BCUT2D eigenvalue weighted by molar-refractivity contribution is 7.14. The maximum Gasteiger partial charge on any atom is 0.410 e. The normalized spacial score (nSPS) is 17.0. The van der Waals surface area contributed by atoms with E-state index < -0.39 is 12.1 Å². The molecule has 2 heterocycles. The first-order valence-corrected chi connectivity index (χ1v) is 13.1. The van der Waals surface area contributed by atoms with Crippen LogP contribution in [0.4, 0.5) is 9.93 Å². The van der Waals surface area contributed by atoms with Gasteiger partial charge in [-0.15, -0.1) is 11.3 Å². The summed E-state index contributed by atoms with van der Waals surface area (Å²) in [5, 5.41) is 8.16. The average molecular weight is 505 g/mol. The lowest BCUT2D eigenvalue weighted by molar-refractivity contribution is -0.120. The Morgan fingerprint density at radius 3 is 2.56 bits per heavy atom. The zero-order valence-corrected chi connectivity index (χ0v) is 20.6. The molecule has 0 unspecified atom stereocenters. The molecule has 2 N–H and O–H groups in total. The third-order valence-corrected chi connectivity index (χ3v) is 7.10. The van der Waals surface area contributed by atoms with Gasteiger partial charge in [-0.2, -0.15) is 0 Å². The smallest absolute Gasteiger partial charge is 0.410 e. The van der Waals surface area contributed by atoms with E-state index in [1.165, 1.54) is 16.2 Å². The molecule has 1 saturated carbocycles. The number of carbonyl (C=O) groups excluding carboxylic acids is 3. The zero-order valence-electron chi connectivity index (χ0n) is 19.8. The number of carbonyl (C=O) groups is 3. The molecule has 3 aromatic rings. The topological polar surface area (TPSA) is 101 Å². The summed E-state index contributed by atoms with van der Waals surface area (Å²) in [5.41, 5.74) is 3.29.